The summed E-state index contributed by atoms with van der Waals surface area (Å²) in [6.45, 7) is 5.30. The van der Waals surface area contributed by atoms with Gasteiger partial charge < -0.3 is 137 Å². The molecule has 7 aliphatic heterocycles. The summed E-state index contributed by atoms with van der Waals surface area (Å²) in [4.78, 5) is 132. The quantitative estimate of drug-likeness (QED) is 0.0455. The predicted molar refractivity (Wildman–Crippen MR) is 431 cm³/mol. The van der Waals surface area contributed by atoms with Gasteiger partial charge in [-0.2, -0.15) is 0 Å². The second-order valence-electron chi connectivity index (χ2n) is 30.5. The van der Waals surface area contributed by atoms with Gasteiger partial charge in [-0.3, -0.25) is 33.6 Å². The number of aromatic hydroxyl groups is 3. The minimum atomic E-state index is -2.40. The lowest BCUT2D eigenvalue weighted by Gasteiger charge is -2.48. The van der Waals surface area contributed by atoms with Gasteiger partial charge >= 0.3 is 11.9 Å². The monoisotopic (exact) mass is 1750 g/mol. The number of nitrogens with two attached hydrogens (primary N) is 1. The number of aliphatic hydroxyl groups is 6. The van der Waals surface area contributed by atoms with E-state index in [0.717, 1.165) is 85.0 Å². The van der Waals surface area contributed by atoms with Gasteiger partial charge in [0.05, 0.1) is 55.0 Å². The molecule has 20 N–H and O–H groups in total. The number of primary amides is 1. The van der Waals surface area contributed by atoms with E-state index in [0.29, 0.717) is 10.6 Å². The Morgan fingerprint density at radius 1 is 0.672 bits per heavy atom. The first-order valence-corrected chi connectivity index (χ1v) is 39.5. The van der Waals surface area contributed by atoms with Crippen LogP contribution in [0, 0.1) is 5.92 Å². The standard InChI is InChI=1S/C83H90Cl3N9O27/c1-34(2)21-49(88-5)74(106)94-65-67(101)40-14-19-53(47(85)23-40)118-55-25-42-26-56(71(55)122-82-72(70(104)69(103)58(32-96)120-82)121-60-30-83(4,73(105)35(3)117-60)89-31-57(81(114)115-6)116-33-36-7-9-37(10-8-36)38-11-16-43(84)17-12-38)119-54-20-15-41(24-48(54)86)68(102)66-79(111)93-64(80(112)113)46-27-44(97)28-52(99)61(46)45-22-39(13-18-51(45)98)62(76(108)95-66)92-77(109)63(42)91-75(107)50(29-59(87)100)90-78(65)110/h7-20,22-28,34-35,49-50,57-58,60,62-70,72-73,82,88-89,96-99,101-105H,21,29-33H2,1-6H3,(H2,87,100)(H,90,110)(H,91,107)(H,92,109)(H,93,111)(H,94,106)(H,95,108)(H,112,113)/t35-,49+,50-,57?,58+,60-,62+,63+,64-,65+,66-,67+,68+,69+,70-,72+,73+,82-,83-/m0/s1. The van der Waals surface area contributed by atoms with E-state index >= 15 is 14.4 Å². The van der Waals surface area contributed by atoms with Crippen molar-refractivity contribution in [2.45, 2.75) is 169 Å². The van der Waals surface area contributed by atoms with Crippen LogP contribution in [0.15, 0.2) is 127 Å². The number of nitrogens with one attached hydrogen (secondary N) is 8. The Morgan fingerprint density at radius 2 is 1.28 bits per heavy atom. The summed E-state index contributed by atoms with van der Waals surface area (Å²) in [5.41, 5.74) is 3.77. The van der Waals surface area contributed by atoms with E-state index in [4.69, 9.17) is 78.4 Å². The summed E-state index contributed by atoms with van der Waals surface area (Å²) in [7, 11) is 2.63. The molecule has 0 aliphatic carbocycles. The summed E-state index contributed by atoms with van der Waals surface area (Å²) >= 11 is 20.4. The third-order valence-electron chi connectivity index (χ3n) is 21.5. The molecule has 650 valence electrons. The van der Waals surface area contributed by atoms with Gasteiger partial charge in [-0.15, -0.1) is 0 Å². The van der Waals surface area contributed by atoms with Crippen molar-refractivity contribution in [3.05, 3.63) is 176 Å². The van der Waals surface area contributed by atoms with E-state index in [9.17, 15) is 79.8 Å². The number of phenols is 3. The van der Waals surface area contributed by atoms with Crippen molar-refractivity contribution in [3.63, 3.8) is 0 Å². The minimum Gasteiger partial charge on any atom is -0.508 e. The average Bonchev–Trinajstić information content (AvgIpc) is 0.764. The second-order valence-corrected chi connectivity index (χ2v) is 31.8. The van der Waals surface area contributed by atoms with Crippen LogP contribution in [0.25, 0.3) is 22.3 Å². The molecule has 1 unspecified atom stereocenters. The fraction of sp³-hybridized carbons (Fsp3) is 0.386. The van der Waals surface area contributed by atoms with E-state index in [1.165, 1.54) is 26.1 Å². The molecule has 7 heterocycles. The number of benzene rings is 7. The van der Waals surface area contributed by atoms with Crippen molar-refractivity contribution in [3.8, 4) is 68.2 Å². The first-order valence-electron chi connectivity index (χ1n) is 38.4. The Balaban J connectivity index is 1.01. The summed E-state index contributed by atoms with van der Waals surface area (Å²) in [5.74, 6) is -17.2. The molecule has 7 aromatic carbocycles. The lowest BCUT2D eigenvalue weighted by molar-refractivity contribution is -0.334. The van der Waals surface area contributed by atoms with Crippen molar-refractivity contribution in [1.82, 2.24) is 42.5 Å². The van der Waals surface area contributed by atoms with E-state index in [2.05, 4.69) is 42.5 Å². The van der Waals surface area contributed by atoms with Gasteiger partial charge in [0, 0.05) is 46.3 Å². The van der Waals surface area contributed by atoms with E-state index in [1.54, 1.807) is 19.1 Å². The summed E-state index contributed by atoms with van der Waals surface area (Å²) in [6, 6.07) is 13.5. The highest BCUT2D eigenvalue weighted by Crippen LogP contribution is 2.50. The van der Waals surface area contributed by atoms with Crippen molar-refractivity contribution >= 4 is 88.1 Å². The number of methoxy groups -OCH3 is 1. The molecule has 0 aromatic heterocycles. The summed E-state index contributed by atoms with van der Waals surface area (Å²) in [5, 5.41) is 137. The molecule has 2 saturated heterocycles. The van der Waals surface area contributed by atoms with Crippen molar-refractivity contribution in [2.75, 3.05) is 27.3 Å². The molecule has 122 heavy (non-hydrogen) atoms. The molecule has 7 amide bonds. The summed E-state index contributed by atoms with van der Waals surface area (Å²) < 4.78 is 50.7. The highest BCUT2D eigenvalue weighted by Gasteiger charge is 2.53. The van der Waals surface area contributed by atoms with Crippen LogP contribution in [0.2, 0.25) is 15.1 Å². The molecule has 14 rings (SSSR count). The maximum absolute atomic E-state index is 16.2. The fourth-order valence-electron chi connectivity index (χ4n) is 14.9. The van der Waals surface area contributed by atoms with Crippen LogP contribution in [0.3, 0.4) is 0 Å². The van der Waals surface area contributed by atoms with Crippen molar-refractivity contribution in [1.29, 1.82) is 0 Å². The fourth-order valence-corrected chi connectivity index (χ4v) is 15.5. The number of hydrogen-bond donors (Lipinski definition) is 19. The molecular formula is C83H90Cl3N9O27. The topological polar surface area (TPSA) is 552 Å². The van der Waals surface area contributed by atoms with Gasteiger partial charge in [-0.05, 0) is 139 Å². The Hall–Kier alpha value is -11.0. The van der Waals surface area contributed by atoms with Crippen molar-refractivity contribution in [2.24, 2.45) is 11.7 Å². The number of carboxylic acid groups (broad SMARTS) is 1. The number of ether oxygens (including phenoxy) is 8. The highest BCUT2D eigenvalue weighted by atomic mass is 35.5. The van der Waals surface area contributed by atoms with Crippen LogP contribution in [0.1, 0.15) is 111 Å². The summed E-state index contributed by atoms with van der Waals surface area (Å²) in [6.07, 6.45) is -21.0. The number of hydrogen-bond acceptors (Lipinski definition) is 28. The van der Waals surface area contributed by atoms with Crippen molar-refractivity contribution < 1.29 is 132 Å². The number of esters is 1. The third kappa shape index (κ3) is 20.0. The Labute approximate surface area is 711 Å². The smallest absolute Gasteiger partial charge is 0.336 e. The van der Waals surface area contributed by atoms with Crippen LogP contribution in [0.4, 0.5) is 0 Å². The lowest BCUT2D eigenvalue weighted by Crippen LogP contribution is -2.66. The van der Waals surface area contributed by atoms with Crippen LogP contribution in [0.5, 0.6) is 46.0 Å². The average molecular weight is 1750 g/mol. The SMILES string of the molecule is CN[C@H](CC(C)C)C(=O)N[C@H]1C(=O)N[C@@H](CC(N)=O)C(=O)N[C@H]2C(=O)N[C@H]3C(=O)N[C@H](C(=O)N[C@H](C(=O)O)c4cc(O)cc(O)c4-c4cc3ccc4O)[C@H](O)c3ccc(c(Cl)c3)Oc3cc2cc(c3O[C@@H]2O[C@H](CO)[C@@H](O)[C@H](O)[C@H]2O[C@H]2C[C@](C)(NCC(OCc3ccc(-c4ccc(Cl)cc4)cc3)C(=O)OC)[C@H](O)[C@H](C)O2)Oc2ccc(cc2Cl)[C@H]1O. The zero-order valence-corrected chi connectivity index (χ0v) is 68.2. The first-order chi connectivity index (χ1) is 57.9. The molecule has 36 nitrogen and oxygen atoms in total. The molecule has 7 aromatic rings. The highest BCUT2D eigenvalue weighted by molar-refractivity contribution is 6.32. The molecule has 19 atom stereocenters. The molecule has 7 aliphatic rings. The van der Waals surface area contributed by atoms with Gasteiger partial charge in [0.1, 0.15) is 89.5 Å². The minimum absolute atomic E-state index is 0.0750. The van der Waals surface area contributed by atoms with E-state index in [-0.39, 0.29) is 54.4 Å². The number of phenolic OH excluding ortho intramolecular Hbond substituents is 3. The molecular weight excluding hydrogens is 1660 g/mol. The Kier molecular flexibility index (Phi) is 28.2. The van der Waals surface area contributed by atoms with Crippen LogP contribution >= 0.6 is 34.8 Å². The van der Waals surface area contributed by atoms with Gasteiger partial charge in [-0.25, -0.2) is 9.59 Å². The Morgan fingerprint density at radius 3 is 1.88 bits per heavy atom. The van der Waals surface area contributed by atoms with E-state index in [1.807, 2.05) is 50.2 Å². The lowest BCUT2D eigenvalue weighted by atomic mass is 9.84. The van der Waals surface area contributed by atoms with Gasteiger partial charge in [0.15, 0.2) is 36.0 Å². The van der Waals surface area contributed by atoms with Gasteiger partial charge in [0.25, 0.3) is 0 Å². The maximum atomic E-state index is 16.2. The van der Waals surface area contributed by atoms with E-state index < -0.39 is 254 Å². The zero-order valence-electron chi connectivity index (χ0n) is 66.0. The molecule has 0 saturated carbocycles. The third-order valence-corrected chi connectivity index (χ3v) is 22.3. The molecule has 39 heteroatoms. The first kappa shape index (κ1) is 90.2. The number of halogens is 3. The molecule has 11 bridgehead atoms. The predicted octanol–water partition coefficient (Wildman–Crippen LogP) is 3.82. The number of likely N-dealkylation sites (N-methyl/N-ethyl adjacent to an activating group) is 1. The zero-order chi connectivity index (χ0) is 88.2. The Bertz CT molecular complexity index is 5130. The maximum Gasteiger partial charge on any atom is 0.336 e. The van der Waals surface area contributed by atoms with Gasteiger partial charge in [-0.1, -0.05) is 103 Å². The number of carboxylic acids is 1. The van der Waals surface area contributed by atoms with Crippen LogP contribution in [-0.4, -0.2) is 217 Å². The number of aliphatic carboxylic acids is 1. The molecule has 2 fully saturated rings. The number of carbonyl (C=O) groups is 9. The second kappa shape index (κ2) is 38.2. The van der Waals surface area contributed by atoms with Crippen LogP contribution in [-0.2, 0) is 73.4 Å². The number of fused-ring (bicyclic) bond motifs is 15. The van der Waals surface area contributed by atoms with Gasteiger partial charge in [0.2, 0.25) is 53.4 Å². The number of amides is 7. The number of aliphatic hydroxyl groups excluding tert-OH is 6. The number of rotatable bonds is 21. The molecule has 0 spiro atoms. The molecule has 0 radical (unpaired) electrons. The van der Waals surface area contributed by atoms with Crippen LogP contribution < -0.4 is 62.5 Å². The number of carbonyl (C=O) groups excluding carboxylic acids is 8. The normalized spacial score (nSPS) is 26.6. The largest absolute Gasteiger partial charge is 0.508 e.